The quantitative estimate of drug-likeness (QED) is 0.813. The van der Waals surface area contributed by atoms with E-state index in [0.29, 0.717) is 18.5 Å². The van der Waals surface area contributed by atoms with Crippen molar-refractivity contribution in [2.45, 2.75) is 65.0 Å². The molecule has 4 nitrogen and oxygen atoms in total. The van der Waals surface area contributed by atoms with Crippen molar-refractivity contribution in [2.75, 3.05) is 13.1 Å². The van der Waals surface area contributed by atoms with Gasteiger partial charge in [-0.1, -0.05) is 19.8 Å². The first-order chi connectivity index (χ1) is 8.42. The Morgan fingerprint density at radius 2 is 1.94 bits per heavy atom. The van der Waals surface area contributed by atoms with E-state index < -0.39 is 5.60 Å². The second kappa shape index (κ2) is 6.98. The Morgan fingerprint density at radius 1 is 1.28 bits per heavy atom. The van der Waals surface area contributed by atoms with Crippen LogP contribution in [0, 0.1) is 5.92 Å². The van der Waals surface area contributed by atoms with Crippen LogP contribution in [-0.4, -0.2) is 30.8 Å². The summed E-state index contributed by atoms with van der Waals surface area (Å²) < 4.78 is 5.25. The van der Waals surface area contributed by atoms with Crippen LogP contribution in [-0.2, 0) is 4.74 Å². The summed E-state index contributed by atoms with van der Waals surface area (Å²) in [6.07, 6.45) is 4.66. The number of hydrogen-bond donors (Lipinski definition) is 2. The minimum Gasteiger partial charge on any atom is -0.444 e. The van der Waals surface area contributed by atoms with Crippen LogP contribution in [0.4, 0.5) is 4.79 Å². The van der Waals surface area contributed by atoms with Crippen LogP contribution in [0.2, 0.25) is 0 Å². The molecule has 1 saturated carbocycles. The van der Waals surface area contributed by atoms with E-state index >= 15 is 0 Å². The van der Waals surface area contributed by atoms with Crippen LogP contribution in [0.25, 0.3) is 0 Å². The van der Waals surface area contributed by atoms with Gasteiger partial charge in [-0.2, -0.15) is 0 Å². The lowest BCUT2D eigenvalue weighted by molar-refractivity contribution is 0.0511. The molecule has 0 aromatic rings. The van der Waals surface area contributed by atoms with Gasteiger partial charge in [0.2, 0.25) is 0 Å². The largest absolute Gasteiger partial charge is 0.444 e. The molecular weight excluding hydrogens is 228 g/mol. The number of nitrogens with one attached hydrogen (secondary N) is 2. The topological polar surface area (TPSA) is 50.4 Å². The molecule has 2 N–H and O–H groups in total. The zero-order valence-electron chi connectivity index (χ0n) is 12.2. The molecule has 0 radical (unpaired) electrons. The standard InChI is InChI=1S/C14H28N2O2/c1-5-15-12-9-7-6-8-11(12)10-16-13(17)18-14(2,3)4/h11-12,15H,5-10H2,1-4H3,(H,16,17). The minimum absolute atomic E-state index is 0.302. The zero-order chi connectivity index (χ0) is 13.6. The van der Waals surface area contributed by atoms with Gasteiger partial charge < -0.3 is 15.4 Å². The van der Waals surface area contributed by atoms with Gasteiger partial charge in [0.25, 0.3) is 0 Å². The molecule has 1 rings (SSSR count). The predicted octanol–water partition coefficient (Wildman–Crippen LogP) is 2.68. The lowest BCUT2D eigenvalue weighted by atomic mass is 9.84. The van der Waals surface area contributed by atoms with Gasteiger partial charge in [0.1, 0.15) is 5.60 Å². The molecule has 0 aliphatic heterocycles. The number of hydrogen-bond acceptors (Lipinski definition) is 3. The Bertz CT molecular complexity index is 259. The van der Waals surface area contributed by atoms with Gasteiger partial charge in [-0.15, -0.1) is 0 Å². The van der Waals surface area contributed by atoms with Crippen molar-refractivity contribution >= 4 is 6.09 Å². The summed E-state index contributed by atoms with van der Waals surface area (Å²) in [7, 11) is 0. The van der Waals surface area contributed by atoms with Crippen LogP contribution in [0.5, 0.6) is 0 Å². The highest BCUT2D eigenvalue weighted by molar-refractivity contribution is 5.67. The normalized spacial score (nSPS) is 24.7. The fourth-order valence-electron chi connectivity index (χ4n) is 2.51. The van der Waals surface area contributed by atoms with Crippen LogP contribution < -0.4 is 10.6 Å². The van der Waals surface area contributed by atoms with Gasteiger partial charge >= 0.3 is 6.09 Å². The molecule has 0 spiro atoms. The van der Waals surface area contributed by atoms with Crippen molar-refractivity contribution in [1.82, 2.24) is 10.6 Å². The number of rotatable bonds is 4. The summed E-state index contributed by atoms with van der Waals surface area (Å²) in [6, 6.07) is 0.540. The Morgan fingerprint density at radius 3 is 2.56 bits per heavy atom. The fourth-order valence-corrected chi connectivity index (χ4v) is 2.51. The molecule has 2 unspecified atom stereocenters. The SMILES string of the molecule is CCNC1CCCCC1CNC(=O)OC(C)(C)C. The van der Waals surface area contributed by atoms with E-state index in [4.69, 9.17) is 4.74 Å². The van der Waals surface area contributed by atoms with Crippen LogP contribution in [0.15, 0.2) is 0 Å². The molecule has 1 amide bonds. The number of carbonyl (C=O) groups excluding carboxylic acids is 1. The minimum atomic E-state index is -0.419. The molecule has 0 aromatic carbocycles. The summed E-state index contributed by atoms with van der Waals surface area (Å²) in [5.74, 6) is 0.534. The average molecular weight is 256 g/mol. The van der Waals surface area contributed by atoms with Crippen molar-refractivity contribution < 1.29 is 9.53 Å². The molecule has 1 aliphatic rings. The molecule has 0 heterocycles. The molecule has 2 atom stereocenters. The van der Waals surface area contributed by atoms with Crippen molar-refractivity contribution in [1.29, 1.82) is 0 Å². The van der Waals surface area contributed by atoms with Gasteiger partial charge in [-0.25, -0.2) is 4.79 Å². The molecule has 18 heavy (non-hydrogen) atoms. The van der Waals surface area contributed by atoms with Gasteiger partial charge in [0.15, 0.2) is 0 Å². The van der Waals surface area contributed by atoms with E-state index in [-0.39, 0.29) is 6.09 Å². The van der Waals surface area contributed by atoms with Gasteiger partial charge in [0, 0.05) is 12.6 Å². The van der Waals surface area contributed by atoms with E-state index in [1.165, 1.54) is 25.7 Å². The summed E-state index contributed by atoms with van der Waals surface area (Å²) in [5, 5.41) is 6.41. The Balaban J connectivity index is 2.33. The second-order valence-corrected chi connectivity index (χ2v) is 6.09. The first-order valence-corrected chi connectivity index (χ1v) is 7.12. The Labute approximate surface area is 111 Å². The summed E-state index contributed by atoms with van der Waals surface area (Å²) in [4.78, 5) is 11.6. The first kappa shape index (κ1) is 15.3. The number of ether oxygens (including phenoxy) is 1. The highest BCUT2D eigenvalue weighted by Gasteiger charge is 2.25. The maximum Gasteiger partial charge on any atom is 0.407 e. The molecule has 1 aliphatic carbocycles. The number of amides is 1. The third-order valence-electron chi connectivity index (χ3n) is 3.28. The summed E-state index contributed by atoms with van der Waals surface area (Å²) >= 11 is 0. The molecule has 106 valence electrons. The molecular formula is C14H28N2O2. The van der Waals surface area contributed by atoms with Gasteiger partial charge in [-0.05, 0) is 46.1 Å². The highest BCUT2D eigenvalue weighted by Crippen LogP contribution is 2.23. The van der Waals surface area contributed by atoms with Crippen molar-refractivity contribution in [3.8, 4) is 0 Å². The molecule has 4 heteroatoms. The van der Waals surface area contributed by atoms with E-state index in [9.17, 15) is 4.79 Å². The molecule has 0 aromatic heterocycles. The monoisotopic (exact) mass is 256 g/mol. The highest BCUT2D eigenvalue weighted by atomic mass is 16.6. The van der Waals surface area contributed by atoms with E-state index in [1.807, 2.05) is 20.8 Å². The average Bonchev–Trinajstić information content (AvgIpc) is 2.26. The second-order valence-electron chi connectivity index (χ2n) is 6.09. The van der Waals surface area contributed by atoms with Crippen molar-refractivity contribution in [3.63, 3.8) is 0 Å². The molecule has 1 fully saturated rings. The summed E-state index contributed by atoms with van der Waals surface area (Å²) in [5.41, 5.74) is -0.419. The van der Waals surface area contributed by atoms with Crippen molar-refractivity contribution in [2.24, 2.45) is 5.92 Å². The maximum absolute atomic E-state index is 11.6. The van der Waals surface area contributed by atoms with Crippen molar-refractivity contribution in [3.05, 3.63) is 0 Å². The van der Waals surface area contributed by atoms with Gasteiger partial charge in [0.05, 0.1) is 0 Å². The number of carbonyl (C=O) groups is 1. The maximum atomic E-state index is 11.6. The summed E-state index contributed by atoms with van der Waals surface area (Å²) in [6.45, 7) is 9.49. The Hall–Kier alpha value is -0.770. The first-order valence-electron chi connectivity index (χ1n) is 7.12. The predicted molar refractivity (Wildman–Crippen MR) is 73.7 cm³/mol. The lowest BCUT2D eigenvalue weighted by Gasteiger charge is -2.32. The zero-order valence-corrected chi connectivity index (χ0v) is 12.2. The van der Waals surface area contributed by atoms with Crippen LogP contribution in [0.1, 0.15) is 53.4 Å². The molecule has 0 bridgehead atoms. The van der Waals surface area contributed by atoms with E-state index in [1.54, 1.807) is 0 Å². The van der Waals surface area contributed by atoms with Gasteiger partial charge in [-0.3, -0.25) is 0 Å². The molecule has 0 saturated heterocycles. The van der Waals surface area contributed by atoms with Crippen LogP contribution in [0.3, 0.4) is 0 Å². The smallest absolute Gasteiger partial charge is 0.407 e. The van der Waals surface area contributed by atoms with E-state index in [2.05, 4.69) is 17.6 Å². The lowest BCUT2D eigenvalue weighted by Crippen LogP contribution is -2.45. The van der Waals surface area contributed by atoms with Crippen LogP contribution >= 0.6 is 0 Å². The van der Waals surface area contributed by atoms with E-state index in [0.717, 1.165) is 6.54 Å². The fraction of sp³-hybridized carbons (Fsp3) is 0.929. The third kappa shape index (κ3) is 5.71. The third-order valence-corrected chi connectivity index (χ3v) is 3.28. The Kier molecular flexibility index (Phi) is 5.93. The number of alkyl carbamates (subject to hydrolysis) is 1.